The highest BCUT2D eigenvalue weighted by Gasteiger charge is 2.31. The predicted octanol–water partition coefficient (Wildman–Crippen LogP) is 1.36. The van der Waals surface area contributed by atoms with E-state index >= 15 is 0 Å². The molecule has 0 saturated carbocycles. The SMILES string of the molecule is CC(Cc1ccccc1Cl)NC(=O)C1COCC1N. The van der Waals surface area contributed by atoms with Gasteiger partial charge in [-0.3, -0.25) is 4.79 Å². The minimum atomic E-state index is -0.242. The summed E-state index contributed by atoms with van der Waals surface area (Å²) in [5, 5.41) is 3.70. The van der Waals surface area contributed by atoms with Gasteiger partial charge in [0.2, 0.25) is 5.91 Å². The molecule has 1 aromatic rings. The van der Waals surface area contributed by atoms with Gasteiger partial charge in [-0.05, 0) is 25.0 Å². The van der Waals surface area contributed by atoms with Crippen LogP contribution >= 0.6 is 11.6 Å². The smallest absolute Gasteiger partial charge is 0.227 e. The molecule has 1 saturated heterocycles. The number of nitrogens with one attached hydrogen (secondary N) is 1. The normalized spacial score (nSPS) is 24.2. The topological polar surface area (TPSA) is 64.3 Å². The number of carbonyl (C=O) groups excluding carboxylic acids is 1. The van der Waals surface area contributed by atoms with Crippen molar-refractivity contribution in [2.75, 3.05) is 13.2 Å². The van der Waals surface area contributed by atoms with Gasteiger partial charge >= 0.3 is 0 Å². The minimum Gasteiger partial charge on any atom is -0.379 e. The molecule has 0 aliphatic carbocycles. The number of halogens is 1. The summed E-state index contributed by atoms with van der Waals surface area (Å²) in [6.07, 6.45) is 0.703. The van der Waals surface area contributed by atoms with Crippen LogP contribution in [0.25, 0.3) is 0 Å². The zero-order chi connectivity index (χ0) is 13.8. The van der Waals surface area contributed by atoms with E-state index < -0.39 is 0 Å². The number of hydrogen-bond donors (Lipinski definition) is 2. The van der Waals surface area contributed by atoms with Gasteiger partial charge in [0.05, 0.1) is 19.1 Å². The third kappa shape index (κ3) is 3.69. The van der Waals surface area contributed by atoms with Crippen molar-refractivity contribution in [1.29, 1.82) is 0 Å². The fraction of sp³-hybridized carbons (Fsp3) is 0.500. The molecule has 3 unspecified atom stereocenters. The second-order valence-corrected chi connectivity index (χ2v) is 5.42. The molecule has 19 heavy (non-hydrogen) atoms. The standard InChI is InChI=1S/C14H19ClN2O2/c1-9(6-10-4-2-3-5-12(10)15)17-14(18)11-7-19-8-13(11)16/h2-5,9,11,13H,6-8,16H2,1H3,(H,17,18). The van der Waals surface area contributed by atoms with E-state index in [0.29, 0.717) is 19.6 Å². The molecule has 1 amide bonds. The van der Waals surface area contributed by atoms with E-state index in [1.165, 1.54) is 0 Å². The number of amides is 1. The van der Waals surface area contributed by atoms with Crippen LogP contribution in [0.3, 0.4) is 0 Å². The Labute approximate surface area is 118 Å². The molecule has 1 aromatic carbocycles. The predicted molar refractivity (Wildman–Crippen MR) is 75.0 cm³/mol. The summed E-state index contributed by atoms with van der Waals surface area (Å²) in [7, 11) is 0. The van der Waals surface area contributed by atoms with Crippen LogP contribution in [0.15, 0.2) is 24.3 Å². The van der Waals surface area contributed by atoms with Crippen LogP contribution in [0.2, 0.25) is 5.02 Å². The molecule has 1 fully saturated rings. The van der Waals surface area contributed by atoms with Gasteiger partial charge in [-0.25, -0.2) is 0 Å². The first-order chi connectivity index (χ1) is 9.08. The van der Waals surface area contributed by atoms with E-state index in [4.69, 9.17) is 22.1 Å². The zero-order valence-corrected chi connectivity index (χ0v) is 11.7. The molecular weight excluding hydrogens is 264 g/mol. The molecule has 0 bridgehead atoms. The molecule has 5 heteroatoms. The first-order valence-electron chi connectivity index (χ1n) is 6.45. The number of rotatable bonds is 4. The fourth-order valence-corrected chi connectivity index (χ4v) is 2.45. The summed E-state index contributed by atoms with van der Waals surface area (Å²) < 4.78 is 5.20. The van der Waals surface area contributed by atoms with Crippen molar-refractivity contribution in [3.8, 4) is 0 Å². The van der Waals surface area contributed by atoms with Gasteiger partial charge < -0.3 is 15.8 Å². The largest absolute Gasteiger partial charge is 0.379 e. The average Bonchev–Trinajstić information content (AvgIpc) is 2.78. The lowest BCUT2D eigenvalue weighted by Crippen LogP contribution is -2.44. The Balaban J connectivity index is 1.89. The Hall–Kier alpha value is -1.10. The summed E-state index contributed by atoms with van der Waals surface area (Å²) >= 11 is 6.10. The van der Waals surface area contributed by atoms with Gasteiger partial charge in [0.15, 0.2) is 0 Å². The fourth-order valence-electron chi connectivity index (χ4n) is 2.24. The van der Waals surface area contributed by atoms with E-state index in [2.05, 4.69) is 5.32 Å². The third-order valence-corrected chi connectivity index (χ3v) is 3.70. The number of benzene rings is 1. The Morgan fingerprint density at radius 1 is 1.53 bits per heavy atom. The van der Waals surface area contributed by atoms with Gasteiger partial charge in [-0.2, -0.15) is 0 Å². The summed E-state index contributed by atoms with van der Waals surface area (Å²) in [6.45, 7) is 2.82. The molecule has 4 nitrogen and oxygen atoms in total. The molecule has 0 aromatic heterocycles. The van der Waals surface area contributed by atoms with Crippen molar-refractivity contribution in [2.45, 2.75) is 25.4 Å². The van der Waals surface area contributed by atoms with Crippen molar-refractivity contribution in [2.24, 2.45) is 11.7 Å². The van der Waals surface area contributed by atoms with Crippen LogP contribution in [0, 0.1) is 5.92 Å². The molecule has 3 N–H and O–H groups in total. The lowest BCUT2D eigenvalue weighted by Gasteiger charge is -2.19. The maximum absolute atomic E-state index is 12.0. The van der Waals surface area contributed by atoms with E-state index in [1.807, 2.05) is 31.2 Å². The summed E-state index contributed by atoms with van der Waals surface area (Å²) in [5.74, 6) is -0.279. The molecule has 1 aliphatic rings. The summed E-state index contributed by atoms with van der Waals surface area (Å²) in [6, 6.07) is 7.47. The van der Waals surface area contributed by atoms with Crippen molar-refractivity contribution in [1.82, 2.24) is 5.32 Å². The van der Waals surface area contributed by atoms with Gasteiger partial charge in [0.25, 0.3) is 0 Å². The maximum Gasteiger partial charge on any atom is 0.227 e. The molecule has 0 spiro atoms. The van der Waals surface area contributed by atoms with E-state index in [9.17, 15) is 4.79 Å². The molecule has 0 radical (unpaired) electrons. The number of carbonyl (C=O) groups is 1. The van der Waals surface area contributed by atoms with Crippen LogP contribution < -0.4 is 11.1 Å². The monoisotopic (exact) mass is 282 g/mol. The van der Waals surface area contributed by atoms with Crippen LogP contribution in [0.4, 0.5) is 0 Å². The quantitative estimate of drug-likeness (QED) is 0.876. The van der Waals surface area contributed by atoms with Gasteiger partial charge in [-0.15, -0.1) is 0 Å². The second kappa shape index (κ2) is 6.37. The Kier molecular flexibility index (Phi) is 4.80. The lowest BCUT2D eigenvalue weighted by molar-refractivity contribution is -0.125. The lowest BCUT2D eigenvalue weighted by atomic mass is 10.0. The highest BCUT2D eigenvalue weighted by atomic mass is 35.5. The summed E-state index contributed by atoms with van der Waals surface area (Å²) in [5.41, 5.74) is 6.86. The maximum atomic E-state index is 12.0. The Bertz CT molecular complexity index is 453. The third-order valence-electron chi connectivity index (χ3n) is 3.33. The van der Waals surface area contributed by atoms with Crippen LogP contribution in [-0.4, -0.2) is 31.2 Å². The van der Waals surface area contributed by atoms with Crippen molar-refractivity contribution >= 4 is 17.5 Å². The van der Waals surface area contributed by atoms with E-state index in [0.717, 1.165) is 10.6 Å². The first-order valence-corrected chi connectivity index (χ1v) is 6.83. The molecule has 1 aliphatic heterocycles. The second-order valence-electron chi connectivity index (χ2n) is 5.01. The van der Waals surface area contributed by atoms with E-state index in [-0.39, 0.29) is 23.9 Å². The van der Waals surface area contributed by atoms with Crippen molar-refractivity contribution in [3.05, 3.63) is 34.9 Å². The Morgan fingerprint density at radius 3 is 2.89 bits per heavy atom. The number of ether oxygens (including phenoxy) is 1. The molecule has 2 rings (SSSR count). The zero-order valence-electron chi connectivity index (χ0n) is 10.9. The van der Waals surface area contributed by atoms with Crippen LogP contribution in [0.5, 0.6) is 0 Å². The minimum absolute atomic E-state index is 0.0141. The van der Waals surface area contributed by atoms with E-state index in [1.54, 1.807) is 0 Å². The molecule has 3 atom stereocenters. The number of nitrogens with two attached hydrogens (primary N) is 1. The van der Waals surface area contributed by atoms with Gasteiger partial charge in [0, 0.05) is 17.1 Å². The van der Waals surface area contributed by atoms with Crippen LogP contribution in [0.1, 0.15) is 12.5 Å². The van der Waals surface area contributed by atoms with Gasteiger partial charge in [0.1, 0.15) is 0 Å². The highest BCUT2D eigenvalue weighted by molar-refractivity contribution is 6.31. The highest BCUT2D eigenvalue weighted by Crippen LogP contribution is 2.17. The summed E-state index contributed by atoms with van der Waals surface area (Å²) in [4.78, 5) is 12.0. The van der Waals surface area contributed by atoms with Crippen LogP contribution in [-0.2, 0) is 16.0 Å². The number of hydrogen-bond acceptors (Lipinski definition) is 3. The Morgan fingerprint density at radius 2 is 2.26 bits per heavy atom. The molecular formula is C14H19ClN2O2. The van der Waals surface area contributed by atoms with Crippen molar-refractivity contribution in [3.63, 3.8) is 0 Å². The average molecular weight is 283 g/mol. The first kappa shape index (κ1) is 14.3. The van der Waals surface area contributed by atoms with Gasteiger partial charge in [-0.1, -0.05) is 29.8 Å². The molecule has 104 valence electrons. The molecule has 1 heterocycles. The van der Waals surface area contributed by atoms with Crippen molar-refractivity contribution < 1.29 is 9.53 Å².